The molecule has 5 heteroatoms. The molecule has 4 N–H and O–H groups in total. The van der Waals surface area contributed by atoms with Crippen LogP contribution in [0.15, 0.2) is 21.5 Å². The molecule has 0 aliphatic carbocycles. The van der Waals surface area contributed by atoms with Gasteiger partial charge < -0.3 is 10.2 Å². The van der Waals surface area contributed by atoms with E-state index < -0.39 is 0 Å². The molecular weight excluding hydrogens is 170 g/mol. The smallest absolute Gasteiger partial charge is 0.213 e. The minimum Gasteiger partial charge on any atom is -0.464 e. The van der Waals surface area contributed by atoms with Gasteiger partial charge in [-0.3, -0.25) is 5.21 Å². The van der Waals surface area contributed by atoms with E-state index in [1.165, 1.54) is 0 Å². The van der Waals surface area contributed by atoms with Gasteiger partial charge in [-0.2, -0.15) is 0 Å². The fourth-order valence-electron chi connectivity index (χ4n) is 0.979. The quantitative estimate of drug-likeness (QED) is 0.362. The first kappa shape index (κ1) is 9.60. The Labute approximate surface area is 76.2 Å². The van der Waals surface area contributed by atoms with Crippen molar-refractivity contribution < 1.29 is 9.62 Å². The molecule has 1 aromatic rings. The average Bonchev–Trinajstić information content (AvgIpc) is 2.51. The molecule has 5 nitrogen and oxygen atoms in total. The summed E-state index contributed by atoms with van der Waals surface area (Å²) in [5.74, 6) is 1.52. The van der Waals surface area contributed by atoms with E-state index in [4.69, 9.17) is 15.4 Å². The van der Waals surface area contributed by atoms with Crippen molar-refractivity contribution in [2.24, 2.45) is 10.7 Å². The van der Waals surface area contributed by atoms with Gasteiger partial charge in [0.2, 0.25) is 5.96 Å². The second-order valence-corrected chi connectivity index (χ2v) is 2.75. The molecule has 0 aliphatic heterocycles. The molecule has 0 saturated heterocycles. The Kier molecular flexibility index (Phi) is 2.92. The third-order valence-electron chi connectivity index (χ3n) is 1.62. The molecule has 13 heavy (non-hydrogen) atoms. The van der Waals surface area contributed by atoms with Crippen LogP contribution in [0.25, 0.3) is 0 Å². The van der Waals surface area contributed by atoms with Gasteiger partial charge in [-0.25, -0.2) is 10.5 Å². The fourth-order valence-corrected chi connectivity index (χ4v) is 0.979. The van der Waals surface area contributed by atoms with Crippen LogP contribution >= 0.6 is 0 Å². The van der Waals surface area contributed by atoms with Gasteiger partial charge in [-0.15, -0.1) is 0 Å². The van der Waals surface area contributed by atoms with Gasteiger partial charge >= 0.3 is 0 Å². The Morgan fingerprint density at radius 2 is 2.38 bits per heavy atom. The highest BCUT2D eigenvalue weighted by atomic mass is 16.5. The summed E-state index contributed by atoms with van der Waals surface area (Å²) in [6.45, 7) is 3.68. The van der Waals surface area contributed by atoms with E-state index in [-0.39, 0.29) is 12.0 Å². The van der Waals surface area contributed by atoms with E-state index in [1.807, 2.05) is 26.0 Å². The van der Waals surface area contributed by atoms with Crippen LogP contribution in [0.5, 0.6) is 0 Å². The van der Waals surface area contributed by atoms with Crippen molar-refractivity contribution >= 4 is 5.96 Å². The number of nitrogens with two attached hydrogens (primary N) is 1. The highest BCUT2D eigenvalue weighted by molar-refractivity contribution is 5.76. The molecule has 1 rings (SSSR count). The number of hydroxylamine groups is 1. The Morgan fingerprint density at radius 3 is 2.85 bits per heavy atom. The summed E-state index contributed by atoms with van der Waals surface area (Å²) in [4.78, 5) is 3.92. The van der Waals surface area contributed by atoms with E-state index in [1.54, 1.807) is 5.48 Å². The molecule has 0 aliphatic rings. The van der Waals surface area contributed by atoms with Gasteiger partial charge in [0.05, 0.1) is 0 Å². The number of hydrogen-bond donors (Lipinski definition) is 3. The second kappa shape index (κ2) is 3.95. The third kappa shape index (κ3) is 2.48. The molecule has 0 fully saturated rings. The predicted molar refractivity (Wildman–Crippen MR) is 48.4 cm³/mol. The van der Waals surface area contributed by atoms with Crippen molar-refractivity contribution in [1.82, 2.24) is 5.48 Å². The molecule has 0 radical (unpaired) electrons. The minimum absolute atomic E-state index is 0.0263. The first-order valence-electron chi connectivity index (χ1n) is 3.93. The normalized spacial score (nSPS) is 14.2. The lowest BCUT2D eigenvalue weighted by molar-refractivity contribution is 0.232. The van der Waals surface area contributed by atoms with Crippen LogP contribution in [-0.4, -0.2) is 11.2 Å². The number of guanidine groups is 1. The lowest BCUT2D eigenvalue weighted by atomic mass is 10.3. The molecule has 1 unspecified atom stereocenters. The number of furan rings is 1. The summed E-state index contributed by atoms with van der Waals surface area (Å²) < 4.78 is 5.32. The maximum absolute atomic E-state index is 8.40. The molecule has 1 atom stereocenters. The maximum atomic E-state index is 8.40. The number of aliphatic imine (C=N–C) groups is 1. The lowest BCUT2D eigenvalue weighted by Crippen LogP contribution is -2.28. The highest BCUT2D eigenvalue weighted by Crippen LogP contribution is 2.18. The standard InChI is InChI=1S/C8H13N3O2/c1-5-3-4-7(13-5)6(2)10-8(9)11-12/h3-4,6,12H,1-2H3,(H3,9,10,11). The first-order valence-corrected chi connectivity index (χ1v) is 3.93. The van der Waals surface area contributed by atoms with Crippen LogP contribution < -0.4 is 11.2 Å². The molecule has 1 aromatic heterocycles. The minimum atomic E-state index is -0.201. The summed E-state index contributed by atoms with van der Waals surface area (Å²) in [5.41, 5.74) is 7.02. The molecule has 0 amide bonds. The van der Waals surface area contributed by atoms with E-state index >= 15 is 0 Å². The van der Waals surface area contributed by atoms with Crippen molar-refractivity contribution in [2.45, 2.75) is 19.9 Å². The lowest BCUT2D eigenvalue weighted by Gasteiger charge is -2.03. The Hall–Kier alpha value is -1.49. The number of aryl methyl sites for hydroxylation is 1. The van der Waals surface area contributed by atoms with Crippen molar-refractivity contribution in [2.75, 3.05) is 0 Å². The topological polar surface area (TPSA) is 83.8 Å². The number of hydrogen-bond acceptors (Lipinski definition) is 3. The molecule has 0 saturated carbocycles. The van der Waals surface area contributed by atoms with Gasteiger partial charge in [-0.1, -0.05) is 0 Å². The number of rotatable bonds is 2. The van der Waals surface area contributed by atoms with Gasteiger partial charge in [0, 0.05) is 0 Å². The molecule has 0 spiro atoms. The van der Waals surface area contributed by atoms with E-state index in [0.29, 0.717) is 0 Å². The number of nitrogens with one attached hydrogen (secondary N) is 1. The SMILES string of the molecule is Cc1ccc(C(C)N=C(N)NO)o1. The van der Waals surface area contributed by atoms with Crippen LogP contribution in [0.3, 0.4) is 0 Å². The average molecular weight is 183 g/mol. The van der Waals surface area contributed by atoms with Crippen LogP contribution in [0, 0.1) is 6.92 Å². The molecular formula is C8H13N3O2. The fraction of sp³-hybridized carbons (Fsp3) is 0.375. The maximum Gasteiger partial charge on any atom is 0.213 e. The van der Waals surface area contributed by atoms with Gasteiger partial charge in [0.25, 0.3) is 0 Å². The van der Waals surface area contributed by atoms with Crippen molar-refractivity contribution in [1.29, 1.82) is 0 Å². The molecule has 0 aromatic carbocycles. The first-order chi connectivity index (χ1) is 6.13. The summed E-state index contributed by atoms with van der Waals surface area (Å²) in [6.07, 6.45) is 0. The summed E-state index contributed by atoms with van der Waals surface area (Å²) in [7, 11) is 0. The van der Waals surface area contributed by atoms with Crippen molar-refractivity contribution in [3.8, 4) is 0 Å². The predicted octanol–water partition coefficient (Wildman–Crippen LogP) is 0.943. The third-order valence-corrected chi connectivity index (χ3v) is 1.62. The van der Waals surface area contributed by atoms with Crippen LogP contribution in [0.2, 0.25) is 0 Å². The van der Waals surface area contributed by atoms with E-state index in [9.17, 15) is 0 Å². The Morgan fingerprint density at radius 1 is 1.69 bits per heavy atom. The van der Waals surface area contributed by atoms with Crippen LogP contribution in [0.4, 0.5) is 0 Å². The Bertz CT molecular complexity index is 306. The monoisotopic (exact) mass is 183 g/mol. The van der Waals surface area contributed by atoms with E-state index in [2.05, 4.69) is 4.99 Å². The second-order valence-electron chi connectivity index (χ2n) is 2.75. The zero-order valence-electron chi connectivity index (χ0n) is 7.61. The van der Waals surface area contributed by atoms with Gasteiger partial charge in [-0.05, 0) is 26.0 Å². The largest absolute Gasteiger partial charge is 0.464 e. The van der Waals surface area contributed by atoms with E-state index in [0.717, 1.165) is 11.5 Å². The summed E-state index contributed by atoms with van der Waals surface area (Å²) in [6, 6.07) is 3.48. The van der Waals surface area contributed by atoms with Crippen LogP contribution in [-0.2, 0) is 0 Å². The zero-order chi connectivity index (χ0) is 9.84. The molecule has 1 heterocycles. The zero-order valence-corrected chi connectivity index (χ0v) is 7.61. The van der Waals surface area contributed by atoms with Crippen LogP contribution in [0.1, 0.15) is 24.5 Å². The molecule has 72 valence electrons. The number of nitrogens with zero attached hydrogens (tertiary/aromatic N) is 1. The van der Waals surface area contributed by atoms with Crippen molar-refractivity contribution in [3.63, 3.8) is 0 Å². The highest BCUT2D eigenvalue weighted by Gasteiger charge is 2.07. The molecule has 0 bridgehead atoms. The van der Waals surface area contributed by atoms with Gasteiger partial charge in [0.15, 0.2) is 0 Å². The Balaban J connectivity index is 2.74. The summed E-state index contributed by atoms with van der Waals surface area (Å²) >= 11 is 0. The van der Waals surface area contributed by atoms with Crippen molar-refractivity contribution in [3.05, 3.63) is 23.7 Å². The summed E-state index contributed by atoms with van der Waals surface area (Å²) in [5, 5.41) is 8.40. The van der Waals surface area contributed by atoms with Gasteiger partial charge in [0.1, 0.15) is 17.6 Å².